The van der Waals surface area contributed by atoms with Crippen LogP contribution >= 0.6 is 0 Å². The Kier molecular flexibility index (Phi) is 7.54. The minimum Gasteiger partial charge on any atom is -0.455 e. The summed E-state index contributed by atoms with van der Waals surface area (Å²) < 4.78 is 8.88. The molecule has 2 aromatic heterocycles. The molecule has 0 aliphatic rings. The van der Waals surface area contributed by atoms with Crippen LogP contribution in [0.5, 0.6) is 0 Å². The zero-order valence-corrected chi connectivity index (χ0v) is 32.1. The Morgan fingerprint density at radius 3 is 1.78 bits per heavy atom. The molecule has 0 bridgehead atoms. The zero-order valence-electron chi connectivity index (χ0n) is 32.1. The zero-order chi connectivity index (χ0) is 38.9. The SMILES string of the molecule is c1ccc(-c2cccc3c2oc2ccc(-c4ccc(N(c5ccc6ccc7ccccc7c6c5)c5ccc6c(c5)c5ccccc5n6-c5ccccc5)cc4)cc23)cc1. The Balaban J connectivity index is 1.01. The van der Waals surface area contributed by atoms with Gasteiger partial charge in [-0.1, -0.05) is 146 Å². The molecule has 12 aromatic rings. The number of hydrogen-bond donors (Lipinski definition) is 0. The number of benzene rings is 10. The Hall–Kier alpha value is -7.88. The third kappa shape index (κ3) is 5.44. The van der Waals surface area contributed by atoms with Gasteiger partial charge >= 0.3 is 0 Å². The predicted molar refractivity (Wildman–Crippen MR) is 249 cm³/mol. The monoisotopic (exact) mass is 752 g/mol. The normalized spacial score (nSPS) is 11.7. The molecule has 0 unspecified atom stereocenters. The lowest BCUT2D eigenvalue weighted by Crippen LogP contribution is -2.10. The molecule has 0 aliphatic heterocycles. The maximum absolute atomic E-state index is 6.51. The second-order valence-electron chi connectivity index (χ2n) is 15.3. The van der Waals surface area contributed by atoms with Crippen LogP contribution in [0, 0.1) is 0 Å². The van der Waals surface area contributed by atoms with Crippen molar-refractivity contribution in [3.63, 3.8) is 0 Å². The van der Waals surface area contributed by atoms with Gasteiger partial charge in [0, 0.05) is 49.9 Å². The van der Waals surface area contributed by atoms with E-state index in [0.717, 1.165) is 66.9 Å². The summed E-state index contributed by atoms with van der Waals surface area (Å²) in [6, 6.07) is 78.7. The summed E-state index contributed by atoms with van der Waals surface area (Å²) in [6.45, 7) is 0. The third-order valence-electron chi connectivity index (χ3n) is 12.0. The van der Waals surface area contributed by atoms with Gasteiger partial charge in [0.2, 0.25) is 0 Å². The minimum atomic E-state index is 0.891. The molecule has 0 amide bonds. The molecule has 0 spiro atoms. The summed E-state index contributed by atoms with van der Waals surface area (Å²) in [7, 11) is 0. The highest BCUT2D eigenvalue weighted by Gasteiger charge is 2.19. The number of fused-ring (bicyclic) bond motifs is 9. The highest BCUT2D eigenvalue weighted by molar-refractivity contribution is 6.13. The van der Waals surface area contributed by atoms with Gasteiger partial charge in [-0.3, -0.25) is 0 Å². The summed E-state index contributed by atoms with van der Waals surface area (Å²) in [4.78, 5) is 2.40. The fraction of sp³-hybridized carbons (Fsp3) is 0. The molecule has 0 fully saturated rings. The molecule has 3 nitrogen and oxygen atoms in total. The van der Waals surface area contributed by atoms with Crippen LogP contribution in [0.3, 0.4) is 0 Å². The van der Waals surface area contributed by atoms with E-state index in [2.05, 4.69) is 222 Å². The van der Waals surface area contributed by atoms with Gasteiger partial charge in [-0.05, 0) is 111 Å². The molecule has 0 radical (unpaired) electrons. The standard InChI is InChI=1S/C56H36N2O/c1-3-12-38(13-4-1)47-19-11-20-49-52-34-41(27-33-55(52)59-56(47)49)37-24-28-43(29-25-37)57(44-30-26-40-23-22-39-14-7-8-17-46(39)50(40)35-44)45-31-32-54-51(36-45)48-18-9-10-21-53(48)58(54)42-15-5-2-6-16-42/h1-36H. The molecule has 2 heterocycles. The first-order valence-corrected chi connectivity index (χ1v) is 20.2. The van der Waals surface area contributed by atoms with Gasteiger partial charge in [0.1, 0.15) is 11.2 Å². The maximum Gasteiger partial charge on any atom is 0.143 e. The lowest BCUT2D eigenvalue weighted by molar-refractivity contribution is 0.670. The van der Waals surface area contributed by atoms with Crippen molar-refractivity contribution in [2.24, 2.45) is 0 Å². The first kappa shape index (κ1) is 33.3. The van der Waals surface area contributed by atoms with Crippen LogP contribution in [-0.2, 0) is 0 Å². The van der Waals surface area contributed by atoms with Crippen molar-refractivity contribution in [3.05, 3.63) is 218 Å². The lowest BCUT2D eigenvalue weighted by Gasteiger charge is -2.26. The smallest absolute Gasteiger partial charge is 0.143 e. The largest absolute Gasteiger partial charge is 0.455 e. The van der Waals surface area contributed by atoms with Crippen LogP contribution in [0.1, 0.15) is 0 Å². The molecule has 3 heteroatoms. The van der Waals surface area contributed by atoms with E-state index in [0.29, 0.717) is 0 Å². The maximum atomic E-state index is 6.51. The number of rotatable bonds is 6. The molecular weight excluding hydrogens is 717 g/mol. The van der Waals surface area contributed by atoms with E-state index in [1.165, 1.54) is 43.4 Å². The van der Waals surface area contributed by atoms with Gasteiger partial charge < -0.3 is 13.9 Å². The summed E-state index contributed by atoms with van der Waals surface area (Å²) >= 11 is 0. The number of para-hydroxylation sites is 3. The van der Waals surface area contributed by atoms with Crippen molar-refractivity contribution in [1.82, 2.24) is 4.57 Å². The van der Waals surface area contributed by atoms with Gasteiger partial charge in [0.15, 0.2) is 0 Å². The summed E-state index contributed by atoms with van der Waals surface area (Å²) in [6.07, 6.45) is 0. The van der Waals surface area contributed by atoms with Crippen molar-refractivity contribution in [3.8, 4) is 27.9 Å². The van der Waals surface area contributed by atoms with Gasteiger partial charge in [-0.2, -0.15) is 0 Å². The van der Waals surface area contributed by atoms with Gasteiger partial charge in [0.25, 0.3) is 0 Å². The van der Waals surface area contributed by atoms with Crippen molar-refractivity contribution in [2.45, 2.75) is 0 Å². The van der Waals surface area contributed by atoms with E-state index in [1.807, 2.05) is 6.07 Å². The van der Waals surface area contributed by atoms with Crippen LogP contribution in [0.15, 0.2) is 223 Å². The molecule has 0 saturated carbocycles. The predicted octanol–water partition coefficient (Wildman–Crippen LogP) is 15.8. The van der Waals surface area contributed by atoms with Crippen molar-refractivity contribution >= 4 is 82.4 Å². The molecule has 276 valence electrons. The Morgan fingerprint density at radius 2 is 0.949 bits per heavy atom. The van der Waals surface area contributed by atoms with Crippen molar-refractivity contribution in [2.75, 3.05) is 4.90 Å². The number of anilines is 3. The van der Waals surface area contributed by atoms with E-state index in [4.69, 9.17) is 4.42 Å². The summed E-state index contributed by atoms with van der Waals surface area (Å²) in [5.41, 5.74) is 13.2. The second-order valence-corrected chi connectivity index (χ2v) is 15.3. The van der Waals surface area contributed by atoms with Crippen molar-refractivity contribution < 1.29 is 4.42 Å². The van der Waals surface area contributed by atoms with Crippen LogP contribution in [-0.4, -0.2) is 4.57 Å². The topological polar surface area (TPSA) is 21.3 Å². The number of hydrogen-bond acceptors (Lipinski definition) is 2. The molecule has 0 saturated heterocycles. The molecule has 10 aromatic carbocycles. The second kappa shape index (κ2) is 13.4. The highest BCUT2D eigenvalue weighted by Crippen LogP contribution is 2.43. The van der Waals surface area contributed by atoms with Crippen LogP contribution in [0.25, 0.3) is 93.2 Å². The minimum absolute atomic E-state index is 0.891. The van der Waals surface area contributed by atoms with E-state index in [1.54, 1.807) is 0 Å². The molecule has 0 N–H and O–H groups in total. The Morgan fingerprint density at radius 1 is 0.339 bits per heavy atom. The molecule has 0 atom stereocenters. The Labute approximate surface area is 341 Å². The quantitative estimate of drug-likeness (QED) is 0.158. The van der Waals surface area contributed by atoms with E-state index < -0.39 is 0 Å². The highest BCUT2D eigenvalue weighted by atomic mass is 16.3. The third-order valence-corrected chi connectivity index (χ3v) is 12.0. The first-order valence-electron chi connectivity index (χ1n) is 20.2. The van der Waals surface area contributed by atoms with Crippen LogP contribution in [0.4, 0.5) is 17.1 Å². The fourth-order valence-electron chi connectivity index (χ4n) is 9.16. The fourth-order valence-corrected chi connectivity index (χ4v) is 9.16. The first-order chi connectivity index (χ1) is 29.2. The average molecular weight is 753 g/mol. The summed E-state index contributed by atoms with van der Waals surface area (Å²) in [5, 5.41) is 9.63. The van der Waals surface area contributed by atoms with E-state index >= 15 is 0 Å². The lowest BCUT2D eigenvalue weighted by atomic mass is 9.99. The van der Waals surface area contributed by atoms with Crippen LogP contribution < -0.4 is 4.90 Å². The number of nitrogens with zero attached hydrogens (tertiary/aromatic N) is 2. The van der Waals surface area contributed by atoms with E-state index in [9.17, 15) is 0 Å². The molecule has 12 rings (SSSR count). The number of aromatic nitrogens is 1. The Bertz CT molecular complexity index is 3540. The van der Waals surface area contributed by atoms with Crippen LogP contribution in [0.2, 0.25) is 0 Å². The molecular formula is C56H36N2O. The van der Waals surface area contributed by atoms with E-state index in [-0.39, 0.29) is 0 Å². The molecule has 0 aliphatic carbocycles. The van der Waals surface area contributed by atoms with Gasteiger partial charge in [-0.15, -0.1) is 0 Å². The molecule has 59 heavy (non-hydrogen) atoms. The summed E-state index contributed by atoms with van der Waals surface area (Å²) in [5.74, 6) is 0. The van der Waals surface area contributed by atoms with Crippen molar-refractivity contribution in [1.29, 1.82) is 0 Å². The van der Waals surface area contributed by atoms with Gasteiger partial charge in [-0.25, -0.2) is 0 Å². The average Bonchev–Trinajstić information content (AvgIpc) is 3.85. The van der Waals surface area contributed by atoms with Gasteiger partial charge in [0.05, 0.1) is 11.0 Å². The number of furan rings is 1.